The number of carboxylic acid groups (broad SMARTS) is 1. The van der Waals surface area contributed by atoms with Crippen LogP contribution in [0.3, 0.4) is 0 Å². The van der Waals surface area contributed by atoms with Gasteiger partial charge in [0.2, 0.25) is 0 Å². The van der Waals surface area contributed by atoms with Crippen LogP contribution in [0.4, 0.5) is 4.79 Å². The summed E-state index contributed by atoms with van der Waals surface area (Å²) >= 11 is 0. The molecule has 1 unspecified atom stereocenters. The second-order valence-electron chi connectivity index (χ2n) is 5.78. The predicted molar refractivity (Wildman–Crippen MR) is 90.5 cm³/mol. The molecule has 0 saturated heterocycles. The topological polar surface area (TPSA) is 69.6 Å². The molecule has 5 heteroatoms. The van der Waals surface area contributed by atoms with Crippen molar-refractivity contribution in [2.75, 3.05) is 20.1 Å². The highest BCUT2D eigenvalue weighted by Crippen LogP contribution is 2.15. The van der Waals surface area contributed by atoms with Crippen LogP contribution in [0.1, 0.15) is 12.5 Å². The molecule has 0 aliphatic carbocycles. The summed E-state index contributed by atoms with van der Waals surface area (Å²) in [5.74, 6) is -1.48. The first-order valence-corrected chi connectivity index (χ1v) is 7.67. The molecule has 2 aromatic carbocycles. The van der Waals surface area contributed by atoms with Crippen LogP contribution in [-0.2, 0) is 11.2 Å². The number of hydrogen-bond donors (Lipinski definition) is 2. The fourth-order valence-electron chi connectivity index (χ4n) is 2.41. The van der Waals surface area contributed by atoms with Crippen molar-refractivity contribution in [3.63, 3.8) is 0 Å². The molecule has 0 fully saturated rings. The zero-order valence-electron chi connectivity index (χ0n) is 13.5. The van der Waals surface area contributed by atoms with Crippen molar-refractivity contribution < 1.29 is 14.7 Å². The average molecular weight is 314 g/mol. The van der Waals surface area contributed by atoms with Crippen molar-refractivity contribution in [3.8, 4) is 0 Å². The molecule has 5 nitrogen and oxygen atoms in total. The molecule has 23 heavy (non-hydrogen) atoms. The summed E-state index contributed by atoms with van der Waals surface area (Å²) in [6, 6.07) is 14.2. The van der Waals surface area contributed by atoms with Gasteiger partial charge in [-0.1, -0.05) is 49.4 Å². The van der Waals surface area contributed by atoms with E-state index < -0.39 is 11.9 Å². The molecule has 0 aliphatic heterocycles. The van der Waals surface area contributed by atoms with Gasteiger partial charge in [-0.3, -0.25) is 4.79 Å². The number of hydrogen-bond acceptors (Lipinski definition) is 2. The molecule has 0 radical (unpaired) electrons. The zero-order chi connectivity index (χ0) is 16.8. The molecular weight excluding hydrogens is 292 g/mol. The van der Waals surface area contributed by atoms with E-state index in [0.29, 0.717) is 6.54 Å². The first-order chi connectivity index (χ1) is 11.0. The molecule has 0 aliphatic rings. The molecule has 0 saturated carbocycles. The summed E-state index contributed by atoms with van der Waals surface area (Å²) in [6.45, 7) is 2.29. The lowest BCUT2D eigenvalue weighted by Crippen LogP contribution is -2.41. The van der Waals surface area contributed by atoms with Gasteiger partial charge in [-0.15, -0.1) is 0 Å². The van der Waals surface area contributed by atoms with Crippen LogP contribution >= 0.6 is 0 Å². The quantitative estimate of drug-likeness (QED) is 0.861. The van der Waals surface area contributed by atoms with Crippen LogP contribution in [0.2, 0.25) is 0 Å². The normalized spacial score (nSPS) is 11.9. The number of carbonyl (C=O) groups is 2. The number of aliphatic carboxylic acids is 1. The van der Waals surface area contributed by atoms with Gasteiger partial charge in [-0.2, -0.15) is 0 Å². The van der Waals surface area contributed by atoms with E-state index in [0.717, 1.165) is 12.0 Å². The maximum atomic E-state index is 11.9. The van der Waals surface area contributed by atoms with E-state index in [-0.39, 0.29) is 12.6 Å². The fraction of sp³-hybridized carbons (Fsp3) is 0.333. The van der Waals surface area contributed by atoms with E-state index in [4.69, 9.17) is 5.11 Å². The lowest BCUT2D eigenvalue weighted by Gasteiger charge is -2.20. The Morgan fingerprint density at radius 2 is 1.87 bits per heavy atom. The Hall–Kier alpha value is -2.56. The monoisotopic (exact) mass is 314 g/mol. The number of carboxylic acids is 1. The van der Waals surface area contributed by atoms with Crippen LogP contribution < -0.4 is 5.32 Å². The SMILES string of the molecule is CC(CN(C)C(=O)NCCc1ccc2ccccc2c1)C(=O)O. The number of fused-ring (bicyclic) bond motifs is 1. The van der Waals surface area contributed by atoms with Crippen molar-refractivity contribution in [1.29, 1.82) is 0 Å². The lowest BCUT2D eigenvalue weighted by atomic mass is 10.1. The molecule has 122 valence electrons. The Labute approximate surface area is 135 Å². The van der Waals surface area contributed by atoms with E-state index in [2.05, 4.69) is 35.6 Å². The Morgan fingerprint density at radius 3 is 2.57 bits per heavy atom. The van der Waals surface area contributed by atoms with Gasteiger partial charge in [0.05, 0.1) is 5.92 Å². The minimum atomic E-state index is -0.902. The number of nitrogens with one attached hydrogen (secondary N) is 1. The summed E-state index contributed by atoms with van der Waals surface area (Å²) in [7, 11) is 1.60. The largest absolute Gasteiger partial charge is 0.481 e. The minimum absolute atomic E-state index is 0.192. The first-order valence-electron chi connectivity index (χ1n) is 7.67. The van der Waals surface area contributed by atoms with Crippen LogP contribution in [-0.4, -0.2) is 42.1 Å². The number of benzene rings is 2. The van der Waals surface area contributed by atoms with E-state index in [1.54, 1.807) is 14.0 Å². The van der Waals surface area contributed by atoms with Gasteiger partial charge in [0.1, 0.15) is 0 Å². The van der Waals surface area contributed by atoms with Gasteiger partial charge >= 0.3 is 12.0 Å². The zero-order valence-corrected chi connectivity index (χ0v) is 13.5. The number of carbonyl (C=O) groups excluding carboxylic acids is 1. The molecule has 0 bridgehead atoms. The third-order valence-electron chi connectivity index (χ3n) is 3.82. The molecule has 0 heterocycles. The van der Waals surface area contributed by atoms with Crippen LogP contribution in [0.15, 0.2) is 42.5 Å². The molecule has 0 spiro atoms. The third kappa shape index (κ3) is 4.71. The summed E-state index contributed by atoms with van der Waals surface area (Å²) in [6.07, 6.45) is 0.735. The average Bonchev–Trinajstić information content (AvgIpc) is 2.54. The van der Waals surface area contributed by atoms with Gasteiger partial charge in [-0.05, 0) is 22.8 Å². The molecule has 2 amide bonds. The second kappa shape index (κ2) is 7.63. The smallest absolute Gasteiger partial charge is 0.317 e. The highest BCUT2D eigenvalue weighted by Gasteiger charge is 2.16. The number of amides is 2. The van der Waals surface area contributed by atoms with Crippen LogP contribution in [0, 0.1) is 5.92 Å². The third-order valence-corrected chi connectivity index (χ3v) is 3.82. The predicted octanol–water partition coefficient (Wildman–Crippen LogP) is 2.74. The van der Waals surface area contributed by atoms with Crippen LogP contribution in [0.25, 0.3) is 10.8 Å². The highest BCUT2D eigenvalue weighted by molar-refractivity contribution is 5.83. The Bertz CT molecular complexity index is 699. The van der Waals surface area contributed by atoms with Crippen molar-refractivity contribution in [1.82, 2.24) is 10.2 Å². The summed E-state index contributed by atoms with van der Waals surface area (Å²) in [5, 5.41) is 14.1. The van der Waals surface area contributed by atoms with Gasteiger partial charge in [0, 0.05) is 20.1 Å². The fourth-order valence-corrected chi connectivity index (χ4v) is 2.41. The van der Waals surface area contributed by atoms with Gasteiger partial charge in [0.15, 0.2) is 0 Å². The van der Waals surface area contributed by atoms with Crippen molar-refractivity contribution >= 4 is 22.8 Å². The van der Waals surface area contributed by atoms with Gasteiger partial charge in [-0.25, -0.2) is 4.79 Å². The standard InChI is InChI=1S/C18H22N2O3/c1-13(17(21)22)12-20(2)18(23)19-10-9-14-7-8-15-5-3-4-6-16(15)11-14/h3-8,11,13H,9-10,12H2,1-2H3,(H,19,23)(H,21,22). The molecule has 1 atom stereocenters. The summed E-state index contributed by atoms with van der Waals surface area (Å²) in [5.41, 5.74) is 1.16. The Morgan fingerprint density at radius 1 is 1.17 bits per heavy atom. The van der Waals surface area contributed by atoms with E-state index in [1.165, 1.54) is 15.7 Å². The Kier molecular flexibility index (Phi) is 5.57. The van der Waals surface area contributed by atoms with Gasteiger partial charge < -0.3 is 15.3 Å². The van der Waals surface area contributed by atoms with Gasteiger partial charge in [0.25, 0.3) is 0 Å². The maximum Gasteiger partial charge on any atom is 0.317 e. The summed E-state index contributed by atoms with van der Waals surface area (Å²) in [4.78, 5) is 24.1. The number of rotatable bonds is 6. The van der Waals surface area contributed by atoms with E-state index in [9.17, 15) is 9.59 Å². The van der Waals surface area contributed by atoms with Crippen molar-refractivity contribution in [2.45, 2.75) is 13.3 Å². The van der Waals surface area contributed by atoms with Crippen molar-refractivity contribution in [3.05, 3.63) is 48.0 Å². The lowest BCUT2D eigenvalue weighted by molar-refractivity contribution is -0.141. The minimum Gasteiger partial charge on any atom is -0.481 e. The molecule has 2 rings (SSSR count). The molecule has 0 aromatic heterocycles. The highest BCUT2D eigenvalue weighted by atomic mass is 16.4. The second-order valence-corrected chi connectivity index (χ2v) is 5.78. The van der Waals surface area contributed by atoms with Crippen molar-refractivity contribution in [2.24, 2.45) is 5.92 Å². The molecule has 2 N–H and O–H groups in total. The molecule has 2 aromatic rings. The van der Waals surface area contributed by atoms with Crippen LogP contribution in [0.5, 0.6) is 0 Å². The van der Waals surface area contributed by atoms with E-state index >= 15 is 0 Å². The molecular formula is C18H22N2O3. The number of nitrogens with zero attached hydrogens (tertiary/aromatic N) is 1. The summed E-state index contributed by atoms with van der Waals surface area (Å²) < 4.78 is 0. The Balaban J connectivity index is 1.83. The van der Waals surface area contributed by atoms with E-state index in [1.807, 2.05) is 12.1 Å². The maximum absolute atomic E-state index is 11.9. The first kappa shape index (κ1) is 16.8. The number of urea groups is 1.